The van der Waals surface area contributed by atoms with E-state index in [0.717, 1.165) is 23.3 Å². The fourth-order valence-corrected chi connectivity index (χ4v) is 2.24. The molecule has 0 radical (unpaired) electrons. The number of hydrazine groups is 1. The van der Waals surface area contributed by atoms with Crippen LogP contribution in [0.2, 0.25) is 0 Å². The molecule has 0 saturated heterocycles. The topological polar surface area (TPSA) is 79.2 Å². The number of rotatable bonds is 4. The lowest BCUT2D eigenvalue weighted by molar-refractivity contribution is -0.384. The first-order valence-corrected chi connectivity index (χ1v) is 7.74. The Bertz CT molecular complexity index is 856. The van der Waals surface area contributed by atoms with E-state index in [0.29, 0.717) is 11.8 Å². The van der Waals surface area contributed by atoms with Gasteiger partial charge in [0, 0.05) is 11.8 Å². The van der Waals surface area contributed by atoms with Crippen LogP contribution in [0.3, 0.4) is 0 Å². The Morgan fingerprint density at radius 3 is 2.38 bits per heavy atom. The highest BCUT2D eigenvalue weighted by atomic mass is 32.1. The lowest BCUT2D eigenvalue weighted by Gasteiger charge is -2.14. The van der Waals surface area contributed by atoms with Crippen molar-refractivity contribution in [1.82, 2.24) is 5.43 Å². The van der Waals surface area contributed by atoms with Crippen molar-refractivity contribution in [3.8, 4) is 0 Å². The highest BCUT2D eigenvalue weighted by Gasteiger charge is 2.33. The molecule has 0 aliphatic rings. The maximum absolute atomic E-state index is 12.7. The molecule has 0 aromatic heterocycles. The van der Waals surface area contributed by atoms with Crippen LogP contribution in [0.15, 0.2) is 36.4 Å². The van der Waals surface area contributed by atoms with Gasteiger partial charge in [-0.2, -0.15) is 13.2 Å². The number of anilines is 2. The Kier molecular flexibility index (Phi) is 5.66. The molecule has 0 unspecified atom stereocenters. The summed E-state index contributed by atoms with van der Waals surface area (Å²) >= 11 is 5.07. The van der Waals surface area contributed by atoms with Crippen molar-refractivity contribution in [3.63, 3.8) is 0 Å². The van der Waals surface area contributed by atoms with Gasteiger partial charge in [-0.3, -0.25) is 21.0 Å². The number of thiocarbonyl (C=S) groups is 1. The van der Waals surface area contributed by atoms with Gasteiger partial charge in [-0.05, 0) is 61.5 Å². The zero-order chi connectivity index (χ0) is 19.5. The maximum Gasteiger partial charge on any atom is 0.416 e. The second-order valence-electron chi connectivity index (χ2n) is 5.49. The molecule has 3 N–H and O–H groups in total. The molecule has 6 nitrogen and oxygen atoms in total. The van der Waals surface area contributed by atoms with Gasteiger partial charge in [-0.15, -0.1) is 0 Å². The number of nitrogens with one attached hydrogen (secondary N) is 3. The average molecular weight is 384 g/mol. The average Bonchev–Trinajstić information content (AvgIpc) is 2.55. The van der Waals surface area contributed by atoms with Crippen LogP contribution in [0.5, 0.6) is 0 Å². The first kappa shape index (κ1) is 19.4. The minimum Gasteiger partial charge on any atom is -0.331 e. The van der Waals surface area contributed by atoms with Gasteiger partial charge in [0.25, 0.3) is 5.69 Å². The lowest BCUT2D eigenvalue weighted by Crippen LogP contribution is -2.33. The molecule has 0 saturated carbocycles. The summed E-state index contributed by atoms with van der Waals surface area (Å²) in [6.07, 6.45) is -4.67. The van der Waals surface area contributed by atoms with Gasteiger partial charge in [0.05, 0.1) is 10.5 Å². The number of hydrogen-bond donors (Lipinski definition) is 3. The molecule has 0 amide bonds. The van der Waals surface area contributed by atoms with Crippen LogP contribution in [0, 0.1) is 24.0 Å². The normalized spacial score (nSPS) is 11.0. The SMILES string of the molecule is Cc1ccc(NC(=S)NNc2ccc(C(F)(F)F)cc2[N+](=O)[O-])cc1C. The molecule has 2 rings (SSSR count). The second kappa shape index (κ2) is 7.56. The van der Waals surface area contributed by atoms with Crippen molar-refractivity contribution < 1.29 is 18.1 Å². The lowest BCUT2D eigenvalue weighted by atomic mass is 10.1. The number of benzene rings is 2. The largest absolute Gasteiger partial charge is 0.416 e. The zero-order valence-corrected chi connectivity index (χ0v) is 14.6. The summed E-state index contributed by atoms with van der Waals surface area (Å²) in [6, 6.07) is 7.74. The molecular formula is C16H15F3N4O2S. The molecule has 0 heterocycles. The van der Waals surface area contributed by atoms with E-state index in [-0.39, 0.29) is 10.8 Å². The third-order valence-corrected chi connectivity index (χ3v) is 3.80. The van der Waals surface area contributed by atoms with Crippen molar-refractivity contribution in [2.75, 3.05) is 10.7 Å². The van der Waals surface area contributed by atoms with E-state index in [1.54, 1.807) is 6.07 Å². The first-order valence-electron chi connectivity index (χ1n) is 7.34. The standard InChI is InChI=1S/C16H15F3N4O2S/c1-9-3-5-12(7-10(9)2)20-15(26)22-21-13-6-4-11(16(17,18)19)8-14(13)23(24)25/h3-8,21H,1-2H3,(H2,20,22,26). The van der Waals surface area contributed by atoms with E-state index in [1.807, 2.05) is 26.0 Å². The Morgan fingerprint density at radius 2 is 1.81 bits per heavy atom. The number of alkyl halides is 3. The van der Waals surface area contributed by atoms with Crippen molar-refractivity contribution in [1.29, 1.82) is 0 Å². The van der Waals surface area contributed by atoms with Crippen LogP contribution < -0.4 is 16.2 Å². The van der Waals surface area contributed by atoms with Crippen LogP contribution in [-0.2, 0) is 6.18 Å². The summed E-state index contributed by atoms with van der Waals surface area (Å²) in [6.45, 7) is 3.89. The van der Waals surface area contributed by atoms with Crippen LogP contribution in [0.25, 0.3) is 0 Å². The Labute approximate surface area is 152 Å². The van der Waals surface area contributed by atoms with Gasteiger partial charge in [-0.25, -0.2) is 0 Å². The smallest absolute Gasteiger partial charge is 0.331 e. The molecule has 2 aromatic rings. The Hall–Kier alpha value is -2.88. The van der Waals surface area contributed by atoms with Crippen molar-refractivity contribution in [2.45, 2.75) is 20.0 Å². The Balaban J connectivity index is 2.09. The van der Waals surface area contributed by atoms with E-state index in [1.165, 1.54) is 0 Å². The summed E-state index contributed by atoms with van der Waals surface area (Å²) in [4.78, 5) is 10.1. The predicted octanol–water partition coefficient (Wildman–Crippen LogP) is 4.54. The first-order chi connectivity index (χ1) is 12.1. The highest BCUT2D eigenvalue weighted by Crippen LogP contribution is 2.34. The number of aryl methyl sites for hydroxylation is 2. The number of nitro groups is 1. The minimum absolute atomic E-state index is 0.0995. The summed E-state index contributed by atoms with van der Waals surface area (Å²) in [5.74, 6) is 0. The molecule has 0 aliphatic heterocycles. The molecule has 0 spiro atoms. The van der Waals surface area contributed by atoms with Crippen molar-refractivity contribution in [3.05, 3.63) is 63.2 Å². The van der Waals surface area contributed by atoms with Gasteiger partial charge in [0.1, 0.15) is 5.69 Å². The summed E-state index contributed by atoms with van der Waals surface area (Å²) in [5, 5.41) is 14.0. The fraction of sp³-hybridized carbons (Fsp3) is 0.188. The highest BCUT2D eigenvalue weighted by molar-refractivity contribution is 7.80. The molecule has 0 fully saturated rings. The molecule has 2 aromatic carbocycles. The molecule has 0 atom stereocenters. The van der Waals surface area contributed by atoms with Crippen molar-refractivity contribution >= 4 is 34.4 Å². The molecule has 10 heteroatoms. The number of nitrogens with zero attached hydrogens (tertiary/aromatic N) is 1. The van der Waals surface area contributed by atoms with E-state index in [4.69, 9.17) is 12.2 Å². The molecule has 138 valence electrons. The van der Waals surface area contributed by atoms with E-state index in [9.17, 15) is 23.3 Å². The second-order valence-corrected chi connectivity index (χ2v) is 5.90. The molecule has 0 bridgehead atoms. The summed E-state index contributed by atoms with van der Waals surface area (Å²) in [7, 11) is 0. The number of nitro benzene ring substituents is 1. The van der Waals surface area contributed by atoms with E-state index in [2.05, 4.69) is 16.2 Å². The van der Waals surface area contributed by atoms with Crippen LogP contribution in [0.1, 0.15) is 16.7 Å². The minimum atomic E-state index is -4.67. The Morgan fingerprint density at radius 1 is 1.12 bits per heavy atom. The van der Waals surface area contributed by atoms with Crippen molar-refractivity contribution in [2.24, 2.45) is 0 Å². The van der Waals surface area contributed by atoms with Gasteiger partial charge in [0.2, 0.25) is 0 Å². The van der Waals surface area contributed by atoms with Gasteiger partial charge < -0.3 is 5.32 Å². The van der Waals surface area contributed by atoms with Gasteiger partial charge >= 0.3 is 6.18 Å². The summed E-state index contributed by atoms with van der Waals surface area (Å²) in [5.41, 5.74) is 5.86. The third kappa shape index (κ3) is 4.82. The van der Waals surface area contributed by atoms with E-state index < -0.39 is 22.4 Å². The molecular weight excluding hydrogens is 369 g/mol. The predicted molar refractivity (Wildman–Crippen MR) is 97.0 cm³/mol. The third-order valence-electron chi connectivity index (χ3n) is 3.60. The van der Waals surface area contributed by atoms with Crippen LogP contribution in [-0.4, -0.2) is 10.0 Å². The maximum atomic E-state index is 12.7. The fourth-order valence-electron chi connectivity index (χ4n) is 2.07. The number of hydrogen-bond acceptors (Lipinski definition) is 4. The van der Waals surface area contributed by atoms with Gasteiger partial charge in [0.15, 0.2) is 5.11 Å². The molecule has 0 aliphatic carbocycles. The van der Waals surface area contributed by atoms with Gasteiger partial charge in [-0.1, -0.05) is 6.07 Å². The zero-order valence-electron chi connectivity index (χ0n) is 13.8. The van der Waals surface area contributed by atoms with Crippen LogP contribution in [0.4, 0.5) is 30.2 Å². The number of halogens is 3. The monoisotopic (exact) mass is 384 g/mol. The van der Waals surface area contributed by atoms with Crippen LogP contribution >= 0.6 is 12.2 Å². The van der Waals surface area contributed by atoms with E-state index >= 15 is 0 Å². The quantitative estimate of drug-likeness (QED) is 0.408. The molecule has 26 heavy (non-hydrogen) atoms. The summed E-state index contributed by atoms with van der Waals surface area (Å²) < 4.78 is 38.1.